The molecule has 1 fully saturated rings. The van der Waals surface area contributed by atoms with Crippen molar-refractivity contribution in [2.75, 3.05) is 16.8 Å². The van der Waals surface area contributed by atoms with Crippen LogP contribution >= 0.6 is 11.3 Å². The predicted molar refractivity (Wildman–Crippen MR) is 94.3 cm³/mol. The summed E-state index contributed by atoms with van der Waals surface area (Å²) in [5, 5.41) is 5.97. The van der Waals surface area contributed by atoms with Crippen LogP contribution < -0.4 is 10.2 Å². The van der Waals surface area contributed by atoms with E-state index in [0.29, 0.717) is 5.95 Å². The van der Waals surface area contributed by atoms with Crippen LogP contribution in [0.4, 0.5) is 11.8 Å². The Morgan fingerprint density at radius 1 is 1.42 bits per heavy atom. The van der Waals surface area contributed by atoms with Gasteiger partial charge in [0.1, 0.15) is 23.0 Å². The summed E-state index contributed by atoms with van der Waals surface area (Å²) in [7, 11) is 0. The molecule has 1 amide bonds. The molecule has 1 aliphatic rings. The molecule has 1 unspecified atom stereocenters. The number of fused-ring (bicyclic) bond motifs is 1. The number of rotatable bonds is 4. The van der Waals surface area contributed by atoms with E-state index >= 15 is 0 Å². The minimum Gasteiger partial charge on any atom is -0.344 e. The second-order valence-corrected chi connectivity index (χ2v) is 6.61. The molecule has 8 heteroatoms. The Labute approximate surface area is 143 Å². The molecule has 4 rings (SSSR count). The van der Waals surface area contributed by atoms with Gasteiger partial charge in [0, 0.05) is 25.5 Å². The molecule has 0 radical (unpaired) electrons. The van der Waals surface area contributed by atoms with Gasteiger partial charge in [-0.25, -0.2) is 15.0 Å². The van der Waals surface area contributed by atoms with Gasteiger partial charge in [0.25, 0.3) is 0 Å². The number of hydrogen-bond acceptors (Lipinski definition) is 6. The Morgan fingerprint density at radius 3 is 3.21 bits per heavy atom. The fourth-order valence-corrected chi connectivity index (χ4v) is 3.91. The number of nitrogens with one attached hydrogen (secondary N) is 1. The number of aromatic nitrogens is 4. The van der Waals surface area contributed by atoms with E-state index in [9.17, 15) is 4.79 Å². The zero-order valence-corrected chi connectivity index (χ0v) is 14.2. The van der Waals surface area contributed by atoms with E-state index in [4.69, 9.17) is 0 Å². The lowest BCUT2D eigenvalue weighted by Gasteiger charge is -2.25. The number of anilines is 2. The summed E-state index contributed by atoms with van der Waals surface area (Å²) in [6.07, 6.45) is 6.92. The molecule has 1 N–H and O–H groups in total. The minimum absolute atomic E-state index is 0.0320. The van der Waals surface area contributed by atoms with Gasteiger partial charge in [-0.15, -0.1) is 11.3 Å². The largest absolute Gasteiger partial charge is 0.344 e. The van der Waals surface area contributed by atoms with E-state index in [1.807, 2.05) is 29.1 Å². The molecule has 1 aliphatic heterocycles. The van der Waals surface area contributed by atoms with Gasteiger partial charge in [-0.05, 0) is 31.2 Å². The highest BCUT2D eigenvalue weighted by atomic mass is 32.1. The number of nitrogens with zero attached hydrogens (tertiary/aromatic N) is 5. The number of thiophene rings is 1. The van der Waals surface area contributed by atoms with Crippen LogP contribution in [0.3, 0.4) is 0 Å². The smallest absolute Gasteiger partial charge is 0.249 e. The molecule has 3 aromatic heterocycles. The summed E-state index contributed by atoms with van der Waals surface area (Å²) in [6, 6.07) is 1.79. The third-order valence-electron chi connectivity index (χ3n) is 4.36. The maximum atomic E-state index is 12.8. The van der Waals surface area contributed by atoms with Crippen molar-refractivity contribution in [3.8, 4) is 0 Å². The van der Waals surface area contributed by atoms with Crippen LogP contribution in [-0.4, -0.2) is 38.0 Å². The van der Waals surface area contributed by atoms with E-state index in [1.165, 1.54) is 0 Å². The lowest BCUT2D eigenvalue weighted by Crippen LogP contribution is -2.40. The molecule has 3 aromatic rings. The second kappa shape index (κ2) is 6.20. The number of aryl methyl sites for hydroxylation is 1. The average Bonchev–Trinajstić information content (AvgIpc) is 3.33. The highest BCUT2D eigenvalue weighted by Crippen LogP contribution is 2.32. The number of imidazole rings is 1. The second-order valence-electron chi connectivity index (χ2n) is 5.71. The molecule has 4 heterocycles. The van der Waals surface area contributed by atoms with Crippen LogP contribution in [0.2, 0.25) is 0 Å². The Balaban J connectivity index is 1.61. The normalized spacial score (nSPS) is 17.5. The van der Waals surface area contributed by atoms with Crippen LogP contribution in [0.15, 0.2) is 30.2 Å². The predicted octanol–water partition coefficient (Wildman–Crippen LogP) is 2.52. The number of hydrogen-bond donors (Lipinski definition) is 1. The summed E-state index contributed by atoms with van der Waals surface area (Å²) in [5.41, 5.74) is 0. The highest BCUT2D eigenvalue weighted by Gasteiger charge is 2.33. The van der Waals surface area contributed by atoms with Gasteiger partial charge in [0.05, 0.1) is 5.39 Å². The minimum atomic E-state index is -0.231. The van der Waals surface area contributed by atoms with Gasteiger partial charge in [-0.2, -0.15) is 0 Å². The standard InChI is InChI=1S/C16H18N6OS/c1-2-21-8-6-17-16(21)20-14(23)12-4-3-7-22(12)13-11-5-9-24-15(11)19-10-18-13/h5-6,8-10,12H,2-4,7H2,1H3,(H,17,20,23). The van der Waals surface area contributed by atoms with Crippen LogP contribution in [0, 0.1) is 0 Å². The van der Waals surface area contributed by atoms with E-state index in [-0.39, 0.29) is 11.9 Å². The average molecular weight is 342 g/mol. The lowest BCUT2D eigenvalue weighted by molar-refractivity contribution is -0.117. The van der Waals surface area contributed by atoms with Crippen LogP contribution in [-0.2, 0) is 11.3 Å². The molecule has 0 spiro atoms. The van der Waals surface area contributed by atoms with Gasteiger partial charge in [-0.1, -0.05) is 0 Å². The molecule has 0 aliphatic carbocycles. The number of amides is 1. The zero-order chi connectivity index (χ0) is 16.5. The van der Waals surface area contributed by atoms with E-state index in [2.05, 4.69) is 25.2 Å². The van der Waals surface area contributed by atoms with Crippen molar-refractivity contribution in [1.82, 2.24) is 19.5 Å². The quantitative estimate of drug-likeness (QED) is 0.788. The molecular weight excluding hydrogens is 324 g/mol. The summed E-state index contributed by atoms with van der Waals surface area (Å²) in [6.45, 7) is 3.61. The fourth-order valence-electron chi connectivity index (χ4n) is 3.18. The maximum Gasteiger partial charge on any atom is 0.249 e. The van der Waals surface area contributed by atoms with Gasteiger partial charge in [0.2, 0.25) is 11.9 Å². The summed E-state index contributed by atoms with van der Waals surface area (Å²) >= 11 is 1.59. The highest BCUT2D eigenvalue weighted by molar-refractivity contribution is 7.16. The number of carbonyl (C=O) groups excluding carboxylic acids is 1. The summed E-state index contributed by atoms with van der Waals surface area (Å²) in [4.78, 5) is 28.8. The monoisotopic (exact) mass is 342 g/mol. The van der Waals surface area contributed by atoms with Crippen molar-refractivity contribution in [3.05, 3.63) is 30.2 Å². The summed E-state index contributed by atoms with van der Waals surface area (Å²) < 4.78 is 1.92. The van der Waals surface area contributed by atoms with Crippen molar-refractivity contribution in [1.29, 1.82) is 0 Å². The molecule has 24 heavy (non-hydrogen) atoms. The first kappa shape index (κ1) is 15.1. The Morgan fingerprint density at radius 2 is 2.33 bits per heavy atom. The van der Waals surface area contributed by atoms with E-state index < -0.39 is 0 Å². The Hall–Kier alpha value is -2.48. The van der Waals surface area contributed by atoms with E-state index in [0.717, 1.165) is 42.0 Å². The maximum absolute atomic E-state index is 12.8. The first-order valence-corrected chi connectivity index (χ1v) is 8.92. The Bertz CT molecular complexity index is 872. The summed E-state index contributed by atoms with van der Waals surface area (Å²) in [5.74, 6) is 1.41. The van der Waals surface area contributed by atoms with Crippen molar-refractivity contribution >= 4 is 39.2 Å². The molecule has 1 atom stereocenters. The Kier molecular flexibility index (Phi) is 3.89. The van der Waals surface area contributed by atoms with Gasteiger partial charge in [-0.3, -0.25) is 10.1 Å². The van der Waals surface area contributed by atoms with Crippen molar-refractivity contribution in [2.24, 2.45) is 0 Å². The molecule has 0 aromatic carbocycles. The number of carbonyl (C=O) groups is 1. The molecule has 7 nitrogen and oxygen atoms in total. The molecule has 1 saturated heterocycles. The fraction of sp³-hybridized carbons (Fsp3) is 0.375. The first-order chi connectivity index (χ1) is 11.8. The van der Waals surface area contributed by atoms with Gasteiger partial charge >= 0.3 is 0 Å². The van der Waals surface area contributed by atoms with Gasteiger partial charge in [0.15, 0.2) is 0 Å². The zero-order valence-electron chi connectivity index (χ0n) is 13.3. The first-order valence-electron chi connectivity index (χ1n) is 8.04. The van der Waals surface area contributed by atoms with Gasteiger partial charge < -0.3 is 9.47 Å². The lowest BCUT2D eigenvalue weighted by atomic mass is 10.2. The van der Waals surface area contributed by atoms with Crippen molar-refractivity contribution < 1.29 is 4.79 Å². The van der Waals surface area contributed by atoms with Crippen LogP contribution in [0.5, 0.6) is 0 Å². The topological polar surface area (TPSA) is 75.9 Å². The van der Waals surface area contributed by atoms with Crippen LogP contribution in [0.25, 0.3) is 10.2 Å². The molecule has 124 valence electrons. The third-order valence-corrected chi connectivity index (χ3v) is 5.18. The third kappa shape index (κ3) is 2.52. The SMILES string of the molecule is CCn1ccnc1NC(=O)C1CCCN1c1ncnc2sccc12. The van der Waals surface area contributed by atoms with Crippen molar-refractivity contribution in [3.63, 3.8) is 0 Å². The van der Waals surface area contributed by atoms with Crippen LogP contribution in [0.1, 0.15) is 19.8 Å². The van der Waals surface area contributed by atoms with E-state index in [1.54, 1.807) is 23.9 Å². The molecular formula is C16H18N6OS. The molecule has 0 bridgehead atoms. The van der Waals surface area contributed by atoms with Crippen molar-refractivity contribution in [2.45, 2.75) is 32.4 Å². The molecule has 0 saturated carbocycles.